The van der Waals surface area contributed by atoms with Crippen molar-refractivity contribution in [2.24, 2.45) is 0 Å². The Kier molecular flexibility index (Phi) is 6.33. The Balaban J connectivity index is 1.47. The number of hydrogen-bond acceptors (Lipinski definition) is 4. The molecule has 0 atom stereocenters. The number of amides is 2. The van der Waals surface area contributed by atoms with Crippen LogP contribution in [0.4, 0.5) is 4.79 Å². The Labute approximate surface area is 169 Å². The molecule has 0 bridgehead atoms. The molecule has 8 heteroatoms. The van der Waals surface area contributed by atoms with Gasteiger partial charge in [-0.2, -0.15) is 0 Å². The molecule has 0 unspecified atom stereocenters. The SMILES string of the molecule is CN(C)S(=O)(=O)c1ccc(CNC(=O)NCCc2csc3ccccc23)cc1. The Morgan fingerprint density at radius 2 is 1.75 bits per heavy atom. The van der Waals surface area contributed by atoms with E-state index < -0.39 is 10.0 Å². The third-order valence-corrected chi connectivity index (χ3v) is 7.24. The monoisotopic (exact) mass is 417 g/mol. The molecule has 6 nitrogen and oxygen atoms in total. The van der Waals surface area contributed by atoms with E-state index in [0.717, 1.165) is 12.0 Å². The van der Waals surface area contributed by atoms with Gasteiger partial charge in [0.2, 0.25) is 10.0 Å². The molecule has 3 rings (SSSR count). The first-order valence-corrected chi connectivity index (χ1v) is 11.2. The van der Waals surface area contributed by atoms with Crippen molar-refractivity contribution in [3.63, 3.8) is 0 Å². The van der Waals surface area contributed by atoms with Gasteiger partial charge in [0.25, 0.3) is 0 Å². The number of sulfonamides is 1. The minimum Gasteiger partial charge on any atom is -0.338 e. The van der Waals surface area contributed by atoms with Crippen molar-refractivity contribution in [1.82, 2.24) is 14.9 Å². The number of nitrogens with one attached hydrogen (secondary N) is 2. The number of rotatable bonds is 7. The van der Waals surface area contributed by atoms with E-state index in [2.05, 4.69) is 28.1 Å². The number of carbonyl (C=O) groups is 1. The number of benzene rings is 2. The average Bonchev–Trinajstić information content (AvgIpc) is 3.10. The number of nitrogens with zero attached hydrogens (tertiary/aromatic N) is 1. The molecule has 0 spiro atoms. The third-order valence-electron chi connectivity index (χ3n) is 4.40. The molecule has 148 valence electrons. The molecule has 0 aliphatic carbocycles. The van der Waals surface area contributed by atoms with Gasteiger partial charge in [-0.3, -0.25) is 0 Å². The van der Waals surface area contributed by atoms with Gasteiger partial charge in [0.05, 0.1) is 4.90 Å². The Morgan fingerprint density at radius 1 is 1.04 bits per heavy atom. The number of urea groups is 1. The van der Waals surface area contributed by atoms with Crippen molar-refractivity contribution in [2.75, 3.05) is 20.6 Å². The van der Waals surface area contributed by atoms with Crippen molar-refractivity contribution in [2.45, 2.75) is 17.9 Å². The Morgan fingerprint density at radius 3 is 2.46 bits per heavy atom. The van der Waals surface area contributed by atoms with Crippen LogP contribution in [0.1, 0.15) is 11.1 Å². The van der Waals surface area contributed by atoms with Crippen molar-refractivity contribution in [1.29, 1.82) is 0 Å². The maximum atomic E-state index is 12.1. The summed E-state index contributed by atoms with van der Waals surface area (Å²) < 4.78 is 26.5. The molecule has 28 heavy (non-hydrogen) atoms. The van der Waals surface area contributed by atoms with E-state index in [1.54, 1.807) is 35.6 Å². The standard InChI is InChI=1S/C20H23N3O3S2/c1-23(2)28(25,26)17-9-7-15(8-10-17)13-22-20(24)21-12-11-16-14-27-19-6-4-3-5-18(16)19/h3-10,14H,11-13H2,1-2H3,(H2,21,22,24). The van der Waals surface area contributed by atoms with Crippen LogP contribution in [0, 0.1) is 0 Å². The van der Waals surface area contributed by atoms with Crippen LogP contribution in [-0.4, -0.2) is 39.4 Å². The lowest BCUT2D eigenvalue weighted by Gasteiger charge is -2.12. The lowest BCUT2D eigenvalue weighted by Crippen LogP contribution is -2.36. The number of thiophene rings is 1. The largest absolute Gasteiger partial charge is 0.338 e. The van der Waals surface area contributed by atoms with Crippen LogP contribution < -0.4 is 10.6 Å². The van der Waals surface area contributed by atoms with E-state index in [-0.39, 0.29) is 10.9 Å². The summed E-state index contributed by atoms with van der Waals surface area (Å²) in [7, 11) is -0.452. The van der Waals surface area contributed by atoms with E-state index in [9.17, 15) is 13.2 Å². The molecule has 2 aromatic carbocycles. The van der Waals surface area contributed by atoms with Gasteiger partial charge >= 0.3 is 6.03 Å². The highest BCUT2D eigenvalue weighted by molar-refractivity contribution is 7.89. The summed E-state index contributed by atoms with van der Waals surface area (Å²) in [6.07, 6.45) is 0.772. The topological polar surface area (TPSA) is 78.5 Å². The van der Waals surface area contributed by atoms with E-state index in [1.165, 1.54) is 34.1 Å². The summed E-state index contributed by atoms with van der Waals surface area (Å²) in [6.45, 7) is 0.877. The highest BCUT2D eigenvalue weighted by atomic mass is 32.2. The van der Waals surface area contributed by atoms with Crippen molar-refractivity contribution in [3.8, 4) is 0 Å². The van der Waals surface area contributed by atoms with Crippen LogP contribution in [0.2, 0.25) is 0 Å². The molecule has 1 heterocycles. The van der Waals surface area contributed by atoms with Gasteiger partial charge in [0, 0.05) is 31.9 Å². The maximum absolute atomic E-state index is 12.1. The predicted molar refractivity (Wildman–Crippen MR) is 113 cm³/mol. The average molecular weight is 418 g/mol. The zero-order chi connectivity index (χ0) is 20.1. The minimum absolute atomic E-state index is 0.230. The molecule has 3 aromatic rings. The first-order valence-electron chi connectivity index (χ1n) is 8.86. The lowest BCUT2D eigenvalue weighted by atomic mass is 10.1. The predicted octanol–water partition coefficient (Wildman–Crippen LogP) is 3.19. The number of carbonyl (C=O) groups excluding carboxylic acids is 1. The maximum Gasteiger partial charge on any atom is 0.315 e. The van der Waals surface area contributed by atoms with Gasteiger partial charge in [-0.25, -0.2) is 17.5 Å². The summed E-state index contributed by atoms with van der Waals surface area (Å²) in [5.74, 6) is 0. The van der Waals surface area contributed by atoms with Gasteiger partial charge in [-0.1, -0.05) is 30.3 Å². The summed E-state index contributed by atoms with van der Waals surface area (Å²) >= 11 is 1.71. The molecule has 0 aliphatic heterocycles. The van der Waals surface area contributed by atoms with Gasteiger partial charge in [0.1, 0.15) is 0 Å². The van der Waals surface area contributed by atoms with Crippen LogP contribution >= 0.6 is 11.3 Å². The molecular weight excluding hydrogens is 394 g/mol. The smallest absolute Gasteiger partial charge is 0.315 e. The molecular formula is C20H23N3O3S2. The fraction of sp³-hybridized carbons (Fsp3) is 0.250. The highest BCUT2D eigenvalue weighted by Crippen LogP contribution is 2.25. The minimum atomic E-state index is -3.44. The molecule has 0 fully saturated rings. The fourth-order valence-electron chi connectivity index (χ4n) is 2.77. The second kappa shape index (κ2) is 8.72. The van der Waals surface area contributed by atoms with Gasteiger partial charge < -0.3 is 10.6 Å². The molecule has 2 amide bonds. The third kappa shape index (κ3) is 4.70. The van der Waals surface area contributed by atoms with Crippen LogP contribution in [0.25, 0.3) is 10.1 Å². The van der Waals surface area contributed by atoms with Crippen LogP contribution in [0.15, 0.2) is 58.8 Å². The van der Waals surface area contributed by atoms with Crippen LogP contribution in [0.5, 0.6) is 0 Å². The lowest BCUT2D eigenvalue weighted by molar-refractivity contribution is 0.240. The molecule has 0 saturated carbocycles. The van der Waals surface area contributed by atoms with E-state index in [4.69, 9.17) is 0 Å². The number of hydrogen-bond donors (Lipinski definition) is 2. The molecule has 0 aliphatic rings. The first-order chi connectivity index (χ1) is 13.4. The molecule has 2 N–H and O–H groups in total. The van der Waals surface area contributed by atoms with E-state index >= 15 is 0 Å². The van der Waals surface area contributed by atoms with Crippen molar-refractivity contribution in [3.05, 3.63) is 65.0 Å². The number of fused-ring (bicyclic) bond motifs is 1. The molecule has 0 radical (unpaired) electrons. The normalized spacial score (nSPS) is 11.7. The second-order valence-corrected chi connectivity index (χ2v) is 9.61. The van der Waals surface area contributed by atoms with Gasteiger partial charge in [-0.05, 0) is 46.5 Å². The molecule has 1 aromatic heterocycles. The zero-order valence-corrected chi connectivity index (χ0v) is 17.4. The van der Waals surface area contributed by atoms with Crippen molar-refractivity contribution >= 4 is 37.5 Å². The van der Waals surface area contributed by atoms with Gasteiger partial charge in [0.15, 0.2) is 0 Å². The summed E-state index contributed by atoms with van der Waals surface area (Å²) in [5, 5.41) is 9.02. The van der Waals surface area contributed by atoms with Crippen LogP contribution in [-0.2, 0) is 23.0 Å². The van der Waals surface area contributed by atoms with Gasteiger partial charge in [-0.15, -0.1) is 11.3 Å². The van der Waals surface area contributed by atoms with Crippen LogP contribution in [0.3, 0.4) is 0 Å². The quantitative estimate of drug-likeness (QED) is 0.620. The second-order valence-electron chi connectivity index (χ2n) is 6.55. The highest BCUT2D eigenvalue weighted by Gasteiger charge is 2.16. The Bertz CT molecular complexity index is 1060. The summed E-state index contributed by atoms with van der Waals surface area (Å²) in [6, 6.07) is 14.5. The summed E-state index contributed by atoms with van der Waals surface area (Å²) in [5.41, 5.74) is 2.07. The summed E-state index contributed by atoms with van der Waals surface area (Å²) in [4.78, 5) is 12.2. The molecule has 0 saturated heterocycles. The van der Waals surface area contributed by atoms with Crippen molar-refractivity contribution < 1.29 is 13.2 Å². The first kappa shape index (κ1) is 20.3. The Hall–Kier alpha value is -2.42. The fourth-order valence-corrected chi connectivity index (χ4v) is 4.67. The zero-order valence-electron chi connectivity index (χ0n) is 15.8. The van der Waals surface area contributed by atoms with E-state index in [1.807, 2.05) is 12.1 Å². The van der Waals surface area contributed by atoms with E-state index in [0.29, 0.717) is 13.1 Å².